The van der Waals surface area contributed by atoms with E-state index in [0.29, 0.717) is 6.10 Å². The van der Waals surface area contributed by atoms with Gasteiger partial charge in [0.25, 0.3) is 5.56 Å². The third-order valence-electron chi connectivity index (χ3n) is 5.91. The number of nitrogens with zero attached hydrogens (tertiary/aromatic N) is 2. The lowest BCUT2D eigenvalue weighted by Crippen LogP contribution is -2.50. The van der Waals surface area contributed by atoms with Gasteiger partial charge in [0.1, 0.15) is 0 Å². The minimum atomic E-state index is -0.587. The third-order valence-corrected chi connectivity index (χ3v) is 5.91. The van der Waals surface area contributed by atoms with Gasteiger partial charge in [-0.2, -0.15) is 0 Å². The molecule has 0 saturated carbocycles. The molecule has 7 nitrogen and oxygen atoms in total. The first-order chi connectivity index (χ1) is 16.1. The lowest BCUT2D eigenvalue weighted by Gasteiger charge is -2.38. The summed E-state index contributed by atoms with van der Waals surface area (Å²) in [5.74, 6) is 5.66. The summed E-state index contributed by atoms with van der Waals surface area (Å²) in [7, 11) is 1.76. The maximum absolute atomic E-state index is 11.6. The second kappa shape index (κ2) is 10.5. The number of rotatable bonds is 7. The maximum Gasteiger partial charge on any atom is 0.293 e. The van der Waals surface area contributed by atoms with E-state index in [1.54, 1.807) is 7.11 Å². The molecule has 7 heteroatoms. The van der Waals surface area contributed by atoms with Crippen LogP contribution in [0.2, 0.25) is 0 Å². The van der Waals surface area contributed by atoms with E-state index in [1.807, 2.05) is 36.4 Å². The Morgan fingerprint density at radius 1 is 1.12 bits per heavy atom. The molecule has 1 atom stereocenters. The SMILES string of the molecule is COC1CN(Cc2ccc(C#Cc3ccc([C@H](CO)Cc4nc[nH]c(=O)c4O)cc3)cc2)C1. The molecular weight excluding hydrogens is 418 g/mol. The van der Waals surface area contributed by atoms with Crippen molar-refractivity contribution in [2.24, 2.45) is 0 Å². The van der Waals surface area contributed by atoms with Gasteiger partial charge in [-0.05, 0) is 35.4 Å². The van der Waals surface area contributed by atoms with E-state index in [2.05, 4.69) is 38.8 Å². The van der Waals surface area contributed by atoms with Gasteiger partial charge in [0.05, 0.1) is 24.7 Å². The van der Waals surface area contributed by atoms with E-state index in [-0.39, 0.29) is 24.6 Å². The average molecular weight is 446 g/mol. The number of ether oxygens (including phenoxy) is 1. The molecule has 4 rings (SSSR count). The van der Waals surface area contributed by atoms with Crippen LogP contribution in [0, 0.1) is 11.8 Å². The predicted molar refractivity (Wildman–Crippen MR) is 125 cm³/mol. The summed E-state index contributed by atoms with van der Waals surface area (Å²) in [6.07, 6.45) is 1.87. The summed E-state index contributed by atoms with van der Waals surface area (Å²) >= 11 is 0. The first-order valence-corrected chi connectivity index (χ1v) is 10.9. The largest absolute Gasteiger partial charge is 0.502 e. The van der Waals surface area contributed by atoms with Crippen molar-refractivity contribution in [2.45, 2.75) is 25.0 Å². The van der Waals surface area contributed by atoms with Gasteiger partial charge < -0.3 is 19.9 Å². The van der Waals surface area contributed by atoms with E-state index < -0.39 is 11.3 Å². The number of aliphatic hydroxyl groups is 1. The van der Waals surface area contributed by atoms with Gasteiger partial charge in [-0.15, -0.1) is 0 Å². The number of aromatic hydroxyl groups is 1. The third kappa shape index (κ3) is 5.68. The van der Waals surface area contributed by atoms with Crippen LogP contribution in [0.1, 0.15) is 33.9 Å². The highest BCUT2D eigenvalue weighted by Gasteiger charge is 2.25. The number of likely N-dealkylation sites (tertiary alicyclic amines) is 1. The molecule has 0 bridgehead atoms. The number of H-pyrrole nitrogens is 1. The fourth-order valence-corrected chi connectivity index (χ4v) is 3.84. The molecule has 3 N–H and O–H groups in total. The smallest absolute Gasteiger partial charge is 0.293 e. The fraction of sp³-hybridized carbons (Fsp3) is 0.308. The van der Waals surface area contributed by atoms with Gasteiger partial charge in [0.15, 0.2) is 0 Å². The van der Waals surface area contributed by atoms with Crippen molar-refractivity contribution in [3.05, 3.63) is 93.2 Å². The average Bonchev–Trinajstić information content (AvgIpc) is 2.82. The van der Waals surface area contributed by atoms with Crippen molar-refractivity contribution in [1.29, 1.82) is 0 Å². The number of benzene rings is 2. The van der Waals surface area contributed by atoms with Crippen molar-refractivity contribution >= 4 is 0 Å². The highest BCUT2D eigenvalue weighted by Crippen LogP contribution is 2.23. The topological polar surface area (TPSA) is 98.7 Å². The summed E-state index contributed by atoms with van der Waals surface area (Å²) in [6, 6.07) is 15.9. The molecular formula is C26H27N3O4. The zero-order valence-electron chi connectivity index (χ0n) is 18.5. The summed E-state index contributed by atoms with van der Waals surface area (Å²) in [5, 5.41) is 19.7. The summed E-state index contributed by atoms with van der Waals surface area (Å²) in [5.41, 5.74) is 3.63. The van der Waals surface area contributed by atoms with Gasteiger partial charge in [-0.25, -0.2) is 4.98 Å². The Hall–Kier alpha value is -3.44. The van der Waals surface area contributed by atoms with Crippen molar-refractivity contribution in [3.8, 4) is 17.6 Å². The van der Waals surface area contributed by atoms with Gasteiger partial charge >= 0.3 is 0 Å². The highest BCUT2D eigenvalue weighted by atomic mass is 16.5. The van der Waals surface area contributed by atoms with Crippen LogP contribution in [-0.4, -0.2) is 58.0 Å². The van der Waals surface area contributed by atoms with E-state index in [1.165, 1.54) is 11.9 Å². The molecule has 1 fully saturated rings. The Kier molecular flexibility index (Phi) is 7.20. The number of aromatic amines is 1. The van der Waals surface area contributed by atoms with Crippen molar-refractivity contribution in [2.75, 3.05) is 26.8 Å². The molecule has 0 aliphatic carbocycles. The molecule has 0 radical (unpaired) electrons. The Morgan fingerprint density at radius 3 is 2.36 bits per heavy atom. The van der Waals surface area contributed by atoms with Gasteiger partial charge in [-0.1, -0.05) is 36.1 Å². The maximum atomic E-state index is 11.6. The second-order valence-corrected chi connectivity index (χ2v) is 8.23. The Morgan fingerprint density at radius 2 is 1.76 bits per heavy atom. The van der Waals surface area contributed by atoms with Gasteiger partial charge in [-0.3, -0.25) is 9.69 Å². The minimum absolute atomic E-state index is 0.130. The molecule has 2 aromatic carbocycles. The van der Waals surface area contributed by atoms with Crippen LogP contribution < -0.4 is 5.56 Å². The molecule has 170 valence electrons. The number of aliphatic hydroxyl groups excluding tert-OH is 1. The Bertz CT molecular complexity index is 1190. The minimum Gasteiger partial charge on any atom is -0.502 e. The fourth-order valence-electron chi connectivity index (χ4n) is 3.84. The predicted octanol–water partition coefficient (Wildman–Crippen LogP) is 2.02. The van der Waals surface area contributed by atoms with Crippen LogP contribution in [-0.2, 0) is 17.7 Å². The standard InChI is InChI=1S/C26H27N3O4/c1-33-23-14-29(15-23)13-20-6-4-18(5-7-20)2-3-19-8-10-21(11-9-19)22(16-30)12-24-25(31)26(32)28-17-27-24/h4-11,17,22-23,30-31H,12-16H2,1H3,(H,27,28,32)/t22-/m0/s1. The lowest BCUT2D eigenvalue weighted by molar-refractivity contribution is -0.0333. The van der Waals surface area contributed by atoms with E-state index >= 15 is 0 Å². The first-order valence-electron chi connectivity index (χ1n) is 10.9. The normalized spacial score (nSPS) is 14.8. The molecule has 2 heterocycles. The number of nitrogens with one attached hydrogen (secondary N) is 1. The van der Waals surface area contributed by atoms with E-state index in [0.717, 1.165) is 36.3 Å². The summed E-state index contributed by atoms with van der Waals surface area (Å²) < 4.78 is 5.31. The molecule has 1 aliphatic heterocycles. The first kappa shape index (κ1) is 22.7. The monoisotopic (exact) mass is 445 g/mol. The van der Waals surface area contributed by atoms with Crippen LogP contribution in [0.5, 0.6) is 5.75 Å². The molecule has 1 saturated heterocycles. The summed E-state index contributed by atoms with van der Waals surface area (Å²) in [4.78, 5) is 20.3. The van der Waals surface area contributed by atoms with Gasteiger partial charge in [0.2, 0.25) is 5.75 Å². The van der Waals surface area contributed by atoms with E-state index in [9.17, 15) is 15.0 Å². The van der Waals surface area contributed by atoms with Crippen LogP contribution in [0.25, 0.3) is 0 Å². The number of aromatic nitrogens is 2. The van der Waals surface area contributed by atoms with Gasteiger partial charge in [0, 0.05) is 50.2 Å². The Labute approximate surface area is 192 Å². The zero-order chi connectivity index (χ0) is 23.2. The van der Waals surface area contributed by atoms with Crippen LogP contribution in [0.15, 0.2) is 59.7 Å². The molecule has 33 heavy (non-hydrogen) atoms. The van der Waals surface area contributed by atoms with Crippen molar-refractivity contribution in [3.63, 3.8) is 0 Å². The number of hydrogen-bond donors (Lipinski definition) is 3. The molecule has 0 amide bonds. The molecule has 1 aromatic heterocycles. The van der Waals surface area contributed by atoms with Crippen LogP contribution in [0.3, 0.4) is 0 Å². The zero-order valence-corrected chi connectivity index (χ0v) is 18.5. The Balaban J connectivity index is 1.37. The van der Waals surface area contributed by atoms with E-state index in [4.69, 9.17) is 4.74 Å². The molecule has 0 spiro atoms. The van der Waals surface area contributed by atoms with Crippen molar-refractivity contribution < 1.29 is 14.9 Å². The van der Waals surface area contributed by atoms with Crippen LogP contribution in [0.4, 0.5) is 0 Å². The quantitative estimate of drug-likeness (QED) is 0.482. The lowest BCUT2D eigenvalue weighted by atomic mass is 9.94. The van der Waals surface area contributed by atoms with Crippen molar-refractivity contribution in [1.82, 2.24) is 14.9 Å². The molecule has 1 aliphatic rings. The number of hydrogen-bond acceptors (Lipinski definition) is 6. The summed E-state index contributed by atoms with van der Waals surface area (Å²) in [6.45, 7) is 2.75. The second-order valence-electron chi connectivity index (χ2n) is 8.23. The molecule has 3 aromatic rings. The van der Waals surface area contributed by atoms with Crippen LogP contribution >= 0.6 is 0 Å². The highest BCUT2D eigenvalue weighted by molar-refractivity contribution is 5.44. The number of methoxy groups -OCH3 is 1. The molecule has 0 unspecified atom stereocenters.